The van der Waals surface area contributed by atoms with Gasteiger partial charge in [-0.2, -0.15) is 4.37 Å². The van der Waals surface area contributed by atoms with Crippen LogP contribution in [0.1, 0.15) is 26.2 Å². The second kappa shape index (κ2) is 10.9. The molecule has 2 aromatic rings. The third-order valence-electron chi connectivity index (χ3n) is 3.91. The van der Waals surface area contributed by atoms with Crippen molar-refractivity contribution >= 4 is 44.0 Å². The Morgan fingerprint density at radius 3 is 2.75 bits per heavy atom. The van der Waals surface area contributed by atoms with Crippen LogP contribution in [0.2, 0.25) is 5.02 Å². The van der Waals surface area contributed by atoms with Gasteiger partial charge in [0.15, 0.2) is 0 Å². The first-order chi connectivity index (χ1) is 13.3. The lowest BCUT2D eigenvalue weighted by molar-refractivity contribution is 0.507. The minimum absolute atomic E-state index is 0.0483. The first kappa shape index (κ1) is 22.8. The molecule has 0 amide bonds. The van der Waals surface area contributed by atoms with Crippen LogP contribution >= 0.6 is 23.1 Å². The fourth-order valence-electron chi connectivity index (χ4n) is 2.43. The number of sulfonamides is 1. The van der Waals surface area contributed by atoms with Gasteiger partial charge in [-0.15, -0.1) is 0 Å². The minimum Gasteiger partial charge on any atom is -0.384 e. The van der Waals surface area contributed by atoms with Crippen LogP contribution in [-0.4, -0.2) is 43.5 Å². The molecule has 0 radical (unpaired) electrons. The molecule has 0 fully saturated rings. The second-order valence-electron chi connectivity index (χ2n) is 6.18. The molecule has 8 nitrogen and oxygen atoms in total. The highest BCUT2D eigenvalue weighted by atomic mass is 35.5. The number of nitrogens with one attached hydrogen (secondary N) is 3. The SMILES string of the molecule is C[C@H](CCN)NCCCCNc1cc(F)c(S(=O)(=O)Nc2ncns2)cc1Cl. The summed E-state index contributed by atoms with van der Waals surface area (Å²) in [4.78, 5) is 3.18. The van der Waals surface area contributed by atoms with E-state index < -0.39 is 20.7 Å². The van der Waals surface area contributed by atoms with Crippen LogP contribution in [0.15, 0.2) is 23.4 Å². The monoisotopic (exact) mass is 450 g/mol. The van der Waals surface area contributed by atoms with Crippen LogP contribution in [-0.2, 0) is 10.0 Å². The molecule has 0 saturated heterocycles. The fraction of sp³-hybridized carbons (Fsp3) is 0.500. The highest BCUT2D eigenvalue weighted by Crippen LogP contribution is 2.29. The van der Waals surface area contributed by atoms with Crippen LogP contribution < -0.4 is 21.1 Å². The summed E-state index contributed by atoms with van der Waals surface area (Å²) in [5.74, 6) is -0.902. The number of rotatable bonds is 12. The molecule has 156 valence electrons. The number of hydrogen-bond acceptors (Lipinski definition) is 8. The highest BCUT2D eigenvalue weighted by molar-refractivity contribution is 7.93. The van der Waals surface area contributed by atoms with Gasteiger partial charge < -0.3 is 16.4 Å². The lowest BCUT2D eigenvalue weighted by Crippen LogP contribution is -2.29. The molecule has 5 N–H and O–H groups in total. The predicted molar refractivity (Wildman–Crippen MR) is 111 cm³/mol. The molecular formula is C16H24ClFN6O2S2. The smallest absolute Gasteiger partial charge is 0.266 e. The average molecular weight is 451 g/mol. The Kier molecular flexibility index (Phi) is 8.83. The molecule has 0 aliphatic rings. The molecular weight excluding hydrogens is 427 g/mol. The maximum absolute atomic E-state index is 14.4. The Labute approximate surface area is 173 Å². The van der Waals surface area contributed by atoms with Crippen LogP contribution in [0.4, 0.5) is 15.2 Å². The number of benzene rings is 1. The van der Waals surface area contributed by atoms with E-state index in [4.69, 9.17) is 17.3 Å². The van der Waals surface area contributed by atoms with E-state index in [2.05, 4.69) is 31.6 Å². The van der Waals surface area contributed by atoms with E-state index >= 15 is 0 Å². The number of nitrogens with two attached hydrogens (primary N) is 1. The van der Waals surface area contributed by atoms with Gasteiger partial charge in [0.2, 0.25) is 5.13 Å². The Hall–Kier alpha value is -1.53. The quantitative estimate of drug-likeness (QED) is 0.366. The van der Waals surface area contributed by atoms with Crippen molar-refractivity contribution in [3.8, 4) is 0 Å². The zero-order valence-electron chi connectivity index (χ0n) is 15.4. The van der Waals surface area contributed by atoms with E-state index in [1.807, 2.05) is 0 Å². The van der Waals surface area contributed by atoms with Gasteiger partial charge in [-0.25, -0.2) is 17.8 Å². The summed E-state index contributed by atoms with van der Waals surface area (Å²) >= 11 is 6.98. The van der Waals surface area contributed by atoms with Gasteiger partial charge in [0, 0.05) is 24.1 Å². The van der Waals surface area contributed by atoms with Crippen molar-refractivity contribution in [2.45, 2.75) is 37.1 Å². The van der Waals surface area contributed by atoms with Crippen LogP contribution in [0.25, 0.3) is 0 Å². The molecule has 0 unspecified atom stereocenters. The summed E-state index contributed by atoms with van der Waals surface area (Å²) in [7, 11) is -4.15. The molecule has 0 saturated carbocycles. The molecule has 0 spiro atoms. The van der Waals surface area contributed by atoms with Crippen molar-refractivity contribution in [3.63, 3.8) is 0 Å². The Morgan fingerprint density at radius 1 is 1.32 bits per heavy atom. The lowest BCUT2D eigenvalue weighted by Gasteiger charge is -2.13. The zero-order chi connectivity index (χ0) is 20.6. The second-order valence-corrected chi connectivity index (χ2v) is 9.02. The molecule has 1 heterocycles. The summed E-state index contributed by atoms with van der Waals surface area (Å²) in [5, 5.41) is 6.57. The van der Waals surface area contributed by atoms with Gasteiger partial charge in [-0.1, -0.05) is 11.6 Å². The van der Waals surface area contributed by atoms with Crippen LogP contribution in [0, 0.1) is 5.82 Å². The molecule has 28 heavy (non-hydrogen) atoms. The van der Waals surface area contributed by atoms with E-state index in [1.54, 1.807) is 0 Å². The lowest BCUT2D eigenvalue weighted by atomic mass is 10.2. The minimum atomic E-state index is -4.15. The number of nitrogens with zero attached hydrogens (tertiary/aromatic N) is 2. The topological polar surface area (TPSA) is 122 Å². The van der Waals surface area contributed by atoms with Crippen molar-refractivity contribution in [2.75, 3.05) is 29.7 Å². The first-order valence-corrected chi connectivity index (χ1v) is 11.4. The largest absolute Gasteiger partial charge is 0.384 e. The summed E-state index contributed by atoms with van der Waals surface area (Å²) in [6.45, 7) is 4.19. The van der Waals surface area contributed by atoms with Crippen molar-refractivity contribution < 1.29 is 12.8 Å². The summed E-state index contributed by atoms with van der Waals surface area (Å²) in [6.07, 6.45) is 3.91. The standard InChI is InChI=1S/C16H24ClFN6O2S2/c1-11(4-5-19)20-6-2-3-7-21-14-9-13(18)15(8-12(14)17)28(25,26)24-16-22-10-23-27-16/h8-11,20-21H,2-7,19H2,1H3,(H,22,23,24)/t11-/m1/s1. The molecule has 1 aromatic carbocycles. The van der Waals surface area contributed by atoms with Crippen molar-refractivity contribution in [3.05, 3.63) is 29.3 Å². The molecule has 1 atom stereocenters. The molecule has 0 aliphatic carbocycles. The number of hydrogen-bond donors (Lipinski definition) is 4. The Morgan fingerprint density at radius 2 is 2.07 bits per heavy atom. The fourth-order valence-corrected chi connectivity index (χ4v) is 4.47. The van der Waals surface area contributed by atoms with E-state index in [1.165, 1.54) is 6.33 Å². The van der Waals surface area contributed by atoms with Gasteiger partial charge in [-0.3, -0.25) is 4.72 Å². The highest BCUT2D eigenvalue weighted by Gasteiger charge is 2.22. The normalized spacial score (nSPS) is 12.7. The summed E-state index contributed by atoms with van der Waals surface area (Å²) < 4.78 is 44.9. The van der Waals surface area contributed by atoms with E-state index in [9.17, 15) is 12.8 Å². The van der Waals surface area contributed by atoms with Gasteiger partial charge in [0.25, 0.3) is 10.0 Å². The summed E-state index contributed by atoms with van der Waals surface area (Å²) in [6, 6.07) is 2.54. The maximum atomic E-state index is 14.4. The third kappa shape index (κ3) is 6.82. The predicted octanol–water partition coefficient (Wildman–Crippen LogP) is 2.65. The van der Waals surface area contributed by atoms with Crippen molar-refractivity contribution in [1.29, 1.82) is 0 Å². The van der Waals surface area contributed by atoms with Crippen LogP contribution in [0.5, 0.6) is 0 Å². The van der Waals surface area contributed by atoms with Crippen molar-refractivity contribution in [2.24, 2.45) is 5.73 Å². The Balaban J connectivity index is 1.89. The molecule has 1 aromatic heterocycles. The van der Waals surface area contributed by atoms with Gasteiger partial charge in [-0.05, 0) is 51.4 Å². The number of halogens is 2. The molecule has 0 bridgehead atoms. The number of aromatic nitrogens is 2. The average Bonchev–Trinajstić information content (AvgIpc) is 3.12. The summed E-state index contributed by atoms with van der Waals surface area (Å²) in [5.41, 5.74) is 5.85. The van der Waals surface area contributed by atoms with Gasteiger partial charge in [0.05, 0.1) is 10.7 Å². The van der Waals surface area contributed by atoms with Crippen LogP contribution in [0.3, 0.4) is 0 Å². The van der Waals surface area contributed by atoms with Gasteiger partial charge in [0.1, 0.15) is 17.0 Å². The number of unbranched alkanes of at least 4 members (excludes halogenated alkanes) is 1. The first-order valence-electron chi connectivity index (χ1n) is 8.79. The van der Waals surface area contributed by atoms with E-state index in [0.717, 1.165) is 49.5 Å². The number of anilines is 2. The molecule has 2 rings (SSSR count). The van der Waals surface area contributed by atoms with E-state index in [-0.39, 0.29) is 10.2 Å². The molecule has 12 heteroatoms. The van der Waals surface area contributed by atoms with Crippen molar-refractivity contribution in [1.82, 2.24) is 14.7 Å². The zero-order valence-corrected chi connectivity index (χ0v) is 17.8. The maximum Gasteiger partial charge on any atom is 0.266 e. The van der Waals surface area contributed by atoms with E-state index in [0.29, 0.717) is 24.8 Å². The Bertz CT molecular complexity index is 851. The van der Waals surface area contributed by atoms with Gasteiger partial charge >= 0.3 is 0 Å². The molecule has 0 aliphatic heterocycles. The third-order valence-corrected chi connectivity index (χ3v) is 6.28.